The number of hydrogen-bond acceptors (Lipinski definition) is 8. The number of guanidine groups is 1. The second-order valence-electron chi connectivity index (χ2n) is 7.45. The minimum atomic E-state index is -3.96. The highest BCUT2D eigenvalue weighted by Gasteiger charge is 2.58. The van der Waals surface area contributed by atoms with E-state index in [2.05, 4.69) is 15.0 Å². The molecule has 32 heavy (non-hydrogen) atoms. The van der Waals surface area contributed by atoms with E-state index in [0.29, 0.717) is 5.56 Å². The number of rotatable bonds is 5. The number of fused-ring (bicyclic) bond motifs is 1. The minimum absolute atomic E-state index is 0.0657. The van der Waals surface area contributed by atoms with Crippen molar-refractivity contribution < 1.29 is 31.1 Å². The summed E-state index contributed by atoms with van der Waals surface area (Å²) in [4.78, 5) is 24.0. The molecule has 2 aromatic rings. The van der Waals surface area contributed by atoms with Crippen molar-refractivity contribution in [2.45, 2.75) is 23.6 Å². The van der Waals surface area contributed by atoms with Crippen molar-refractivity contribution in [1.82, 2.24) is 14.3 Å². The average molecular weight is 469 g/mol. The summed E-state index contributed by atoms with van der Waals surface area (Å²) in [6.07, 6.45) is -1.30. The third-order valence-electron chi connectivity index (χ3n) is 5.54. The second-order valence-corrected chi connectivity index (χ2v) is 9.60. The molecule has 4 rings (SSSR count). The largest absolute Gasteiger partial charge is 0.377 e. The molecule has 0 radical (unpaired) electrons. The van der Waals surface area contributed by atoms with Crippen LogP contribution < -0.4 is 5.73 Å². The first-order valence-electron chi connectivity index (χ1n) is 9.39. The molecule has 0 unspecified atom stereocenters. The maximum Gasteiger partial charge on any atom is 0.281 e. The number of sulfonamides is 1. The standard InChI is InChI=1S/C19H18F3N5O4S/c1-27-18(23)26-19(9-31-8-16(19)32(27,29)30)11-4-10(2-3-12(11)20)5-15(28)13-6-25-14(7-24-13)17(21)22/h2-4,6-7,16-17H,5,8-9H2,1H3,(H2,23,26)/t16-,19-/m1/s1. The molecule has 0 spiro atoms. The Bertz CT molecular complexity index is 1210. The predicted molar refractivity (Wildman–Crippen MR) is 106 cm³/mol. The third kappa shape index (κ3) is 3.50. The van der Waals surface area contributed by atoms with E-state index in [1.54, 1.807) is 0 Å². The molecular weight excluding hydrogens is 451 g/mol. The zero-order valence-electron chi connectivity index (χ0n) is 16.7. The Morgan fingerprint density at radius 3 is 2.75 bits per heavy atom. The van der Waals surface area contributed by atoms with Crippen molar-refractivity contribution in [3.8, 4) is 0 Å². The SMILES string of the molecule is CN1C(N)=N[C@@]2(c3cc(CC(=O)c4cnc(C(F)F)cn4)ccc3F)COC[C@H]2S1(=O)=O. The molecule has 2 aliphatic heterocycles. The lowest BCUT2D eigenvalue weighted by Crippen LogP contribution is -2.57. The van der Waals surface area contributed by atoms with Crippen LogP contribution in [0.3, 0.4) is 0 Å². The lowest BCUT2D eigenvalue weighted by Gasteiger charge is -2.38. The summed E-state index contributed by atoms with van der Waals surface area (Å²) in [5.74, 6) is -1.57. The van der Waals surface area contributed by atoms with E-state index in [9.17, 15) is 26.4 Å². The van der Waals surface area contributed by atoms with Crippen LogP contribution in [0, 0.1) is 5.82 Å². The second kappa shape index (κ2) is 7.81. The highest BCUT2D eigenvalue weighted by molar-refractivity contribution is 7.90. The Morgan fingerprint density at radius 1 is 1.34 bits per heavy atom. The van der Waals surface area contributed by atoms with Gasteiger partial charge in [0, 0.05) is 19.0 Å². The molecule has 0 aliphatic carbocycles. The molecule has 1 fully saturated rings. The number of halogens is 3. The van der Waals surface area contributed by atoms with Gasteiger partial charge in [0.05, 0.1) is 25.6 Å². The number of ether oxygens (including phenoxy) is 1. The monoisotopic (exact) mass is 469 g/mol. The maximum atomic E-state index is 14.9. The van der Waals surface area contributed by atoms with Gasteiger partial charge in [-0.3, -0.25) is 9.78 Å². The van der Waals surface area contributed by atoms with Crippen LogP contribution in [0.2, 0.25) is 0 Å². The van der Waals surface area contributed by atoms with Crippen molar-refractivity contribution in [2.24, 2.45) is 10.7 Å². The van der Waals surface area contributed by atoms with Crippen molar-refractivity contribution in [3.63, 3.8) is 0 Å². The minimum Gasteiger partial charge on any atom is -0.377 e. The van der Waals surface area contributed by atoms with E-state index in [-0.39, 0.29) is 36.9 Å². The molecule has 1 aromatic heterocycles. The molecule has 0 bridgehead atoms. The Balaban J connectivity index is 1.70. The van der Waals surface area contributed by atoms with Gasteiger partial charge in [0.15, 0.2) is 5.78 Å². The highest BCUT2D eigenvalue weighted by atomic mass is 32.2. The van der Waals surface area contributed by atoms with Crippen LogP contribution in [0.5, 0.6) is 0 Å². The highest BCUT2D eigenvalue weighted by Crippen LogP contribution is 2.43. The van der Waals surface area contributed by atoms with Crippen LogP contribution in [0.4, 0.5) is 13.2 Å². The number of benzene rings is 1. The zero-order valence-corrected chi connectivity index (χ0v) is 17.5. The first kappa shape index (κ1) is 22.1. The number of aromatic nitrogens is 2. The van der Waals surface area contributed by atoms with Crippen LogP contribution in [-0.4, -0.2) is 59.9 Å². The van der Waals surface area contributed by atoms with Gasteiger partial charge in [-0.2, -0.15) is 0 Å². The molecule has 0 amide bonds. The summed E-state index contributed by atoms with van der Waals surface area (Å²) in [7, 11) is -2.71. The number of ketones is 1. The predicted octanol–water partition coefficient (Wildman–Crippen LogP) is 1.16. The molecule has 2 N–H and O–H groups in total. The summed E-state index contributed by atoms with van der Waals surface area (Å²) in [5.41, 5.74) is 3.79. The van der Waals surface area contributed by atoms with E-state index in [0.717, 1.165) is 22.8 Å². The maximum absolute atomic E-state index is 14.9. The molecule has 1 aromatic carbocycles. The Labute approximate surface area is 181 Å². The lowest BCUT2D eigenvalue weighted by molar-refractivity contribution is 0.0986. The van der Waals surface area contributed by atoms with Gasteiger partial charge < -0.3 is 10.5 Å². The summed E-state index contributed by atoms with van der Waals surface area (Å²) in [6, 6.07) is 3.80. The summed E-state index contributed by atoms with van der Waals surface area (Å²) < 4.78 is 72.1. The van der Waals surface area contributed by atoms with E-state index >= 15 is 0 Å². The van der Waals surface area contributed by atoms with Crippen molar-refractivity contribution >= 4 is 21.8 Å². The molecule has 3 heterocycles. The first-order chi connectivity index (χ1) is 15.1. The molecule has 170 valence electrons. The van der Waals surface area contributed by atoms with E-state index < -0.39 is 44.5 Å². The summed E-state index contributed by atoms with van der Waals surface area (Å²) >= 11 is 0. The fourth-order valence-electron chi connectivity index (χ4n) is 3.78. The van der Waals surface area contributed by atoms with Crippen LogP contribution in [0.25, 0.3) is 0 Å². The van der Waals surface area contributed by atoms with Gasteiger partial charge in [0.1, 0.15) is 28.0 Å². The molecular formula is C19H18F3N5O4S. The van der Waals surface area contributed by atoms with Crippen molar-refractivity contribution in [3.05, 3.63) is 58.9 Å². The van der Waals surface area contributed by atoms with Gasteiger partial charge in [-0.1, -0.05) is 6.07 Å². The third-order valence-corrected chi connectivity index (χ3v) is 7.74. The fraction of sp³-hybridized carbons (Fsp3) is 0.368. The number of carbonyl (C=O) groups excluding carboxylic acids is 1. The summed E-state index contributed by atoms with van der Waals surface area (Å²) in [6.45, 7) is -0.404. The van der Waals surface area contributed by atoms with Crippen LogP contribution in [0.1, 0.15) is 33.7 Å². The van der Waals surface area contributed by atoms with Crippen molar-refractivity contribution in [1.29, 1.82) is 0 Å². The van der Waals surface area contributed by atoms with Crippen LogP contribution in [0.15, 0.2) is 35.6 Å². The van der Waals surface area contributed by atoms with Crippen LogP contribution in [-0.2, 0) is 26.7 Å². The van der Waals surface area contributed by atoms with Gasteiger partial charge >= 0.3 is 0 Å². The van der Waals surface area contributed by atoms with Gasteiger partial charge in [-0.25, -0.2) is 35.9 Å². The molecule has 2 atom stereocenters. The number of hydrogen-bond donors (Lipinski definition) is 1. The average Bonchev–Trinajstić information content (AvgIpc) is 3.19. The Hall–Kier alpha value is -3.06. The summed E-state index contributed by atoms with van der Waals surface area (Å²) in [5, 5.41) is -1.19. The number of aliphatic imine (C=N–C) groups is 1. The molecule has 0 saturated carbocycles. The Kier molecular flexibility index (Phi) is 5.41. The number of alkyl halides is 2. The Morgan fingerprint density at radius 2 is 2.09 bits per heavy atom. The fourth-order valence-corrected chi connectivity index (χ4v) is 5.47. The topological polar surface area (TPSA) is 128 Å². The van der Waals surface area contributed by atoms with Gasteiger partial charge in [-0.15, -0.1) is 0 Å². The van der Waals surface area contributed by atoms with E-state index in [1.165, 1.54) is 19.2 Å². The molecule has 9 nitrogen and oxygen atoms in total. The number of nitrogens with zero attached hydrogens (tertiary/aromatic N) is 4. The molecule has 13 heteroatoms. The normalized spacial score (nSPS) is 24.3. The van der Waals surface area contributed by atoms with E-state index in [4.69, 9.17) is 10.5 Å². The zero-order chi connectivity index (χ0) is 23.3. The number of Topliss-reactive ketones (excluding diaryl/α,β-unsaturated/α-hetero) is 1. The quantitative estimate of drug-likeness (QED) is 0.651. The van der Waals surface area contributed by atoms with Gasteiger partial charge in [0.25, 0.3) is 6.43 Å². The van der Waals surface area contributed by atoms with Crippen LogP contribution >= 0.6 is 0 Å². The van der Waals surface area contributed by atoms with E-state index in [1.807, 2.05) is 0 Å². The smallest absolute Gasteiger partial charge is 0.281 e. The molecule has 1 saturated heterocycles. The lowest BCUT2D eigenvalue weighted by atomic mass is 9.87. The number of carbonyl (C=O) groups is 1. The van der Waals surface area contributed by atoms with Gasteiger partial charge in [0.2, 0.25) is 16.0 Å². The first-order valence-corrected chi connectivity index (χ1v) is 10.9. The van der Waals surface area contributed by atoms with Crippen molar-refractivity contribution in [2.75, 3.05) is 20.3 Å². The molecule has 2 aliphatic rings. The van der Waals surface area contributed by atoms with Gasteiger partial charge in [-0.05, 0) is 17.7 Å². The number of nitrogens with two attached hydrogens (primary N) is 1.